The number of rotatable bonds is 7. The van der Waals surface area contributed by atoms with E-state index >= 15 is 0 Å². The molecular formula is C22H26ClN3O3. The van der Waals surface area contributed by atoms with Crippen LogP contribution in [0, 0.1) is 0 Å². The zero-order valence-corrected chi connectivity index (χ0v) is 17.3. The Morgan fingerprint density at radius 2 is 1.90 bits per heavy atom. The molecule has 1 heterocycles. The van der Waals surface area contributed by atoms with Crippen molar-refractivity contribution < 1.29 is 14.3 Å². The summed E-state index contributed by atoms with van der Waals surface area (Å²) in [5.41, 5.74) is 8.45. The topological polar surface area (TPSA) is 89.4 Å². The zero-order valence-electron chi connectivity index (χ0n) is 16.5. The van der Waals surface area contributed by atoms with Gasteiger partial charge in [-0.1, -0.05) is 30.3 Å². The van der Waals surface area contributed by atoms with Crippen molar-refractivity contribution in [1.82, 2.24) is 10.3 Å². The van der Waals surface area contributed by atoms with E-state index in [1.165, 1.54) is 0 Å². The molecule has 1 saturated carbocycles. The highest BCUT2D eigenvalue weighted by Gasteiger charge is 2.46. The van der Waals surface area contributed by atoms with Crippen LogP contribution < -0.4 is 20.5 Å². The molecule has 1 atom stereocenters. The van der Waals surface area contributed by atoms with Gasteiger partial charge in [0.1, 0.15) is 0 Å². The number of methoxy groups -OCH3 is 2. The second-order valence-corrected chi connectivity index (χ2v) is 7.29. The third-order valence-electron chi connectivity index (χ3n) is 5.51. The SMILES string of the molecule is COc1cccc(C(CNC(=O)C2(N)CC2)c2c[nH]c3ccccc23)c1OC.Cl. The molecule has 4 N–H and O–H groups in total. The van der Waals surface area contributed by atoms with Gasteiger partial charge in [-0.2, -0.15) is 0 Å². The van der Waals surface area contributed by atoms with Gasteiger partial charge in [-0.25, -0.2) is 0 Å². The van der Waals surface area contributed by atoms with Crippen molar-refractivity contribution >= 4 is 29.2 Å². The van der Waals surface area contributed by atoms with Crippen LogP contribution in [0.4, 0.5) is 0 Å². The number of hydrogen-bond acceptors (Lipinski definition) is 4. The lowest BCUT2D eigenvalue weighted by atomic mass is 9.89. The first-order valence-corrected chi connectivity index (χ1v) is 9.41. The number of nitrogens with two attached hydrogens (primary N) is 1. The molecule has 1 unspecified atom stereocenters. The van der Waals surface area contributed by atoms with Crippen molar-refractivity contribution in [2.24, 2.45) is 5.73 Å². The number of amides is 1. The van der Waals surface area contributed by atoms with E-state index in [1.54, 1.807) is 14.2 Å². The first-order chi connectivity index (χ1) is 13.6. The van der Waals surface area contributed by atoms with Crippen LogP contribution in [-0.4, -0.2) is 37.2 Å². The number of benzene rings is 2. The van der Waals surface area contributed by atoms with Gasteiger partial charge >= 0.3 is 0 Å². The largest absolute Gasteiger partial charge is 0.493 e. The lowest BCUT2D eigenvalue weighted by Gasteiger charge is -2.22. The normalized spacial score (nSPS) is 15.3. The number of aromatic amines is 1. The van der Waals surface area contributed by atoms with Crippen LogP contribution in [0.3, 0.4) is 0 Å². The molecule has 0 spiro atoms. The lowest BCUT2D eigenvalue weighted by Crippen LogP contribution is -2.44. The van der Waals surface area contributed by atoms with Gasteiger partial charge in [0.15, 0.2) is 11.5 Å². The van der Waals surface area contributed by atoms with Crippen LogP contribution in [0.2, 0.25) is 0 Å². The van der Waals surface area contributed by atoms with Crippen LogP contribution in [0.15, 0.2) is 48.7 Å². The summed E-state index contributed by atoms with van der Waals surface area (Å²) in [5.74, 6) is 1.11. The number of fused-ring (bicyclic) bond motifs is 1. The van der Waals surface area contributed by atoms with Crippen LogP contribution in [0.1, 0.15) is 29.9 Å². The third kappa shape index (κ3) is 3.91. The number of halogens is 1. The van der Waals surface area contributed by atoms with Crippen molar-refractivity contribution in [3.63, 3.8) is 0 Å². The minimum atomic E-state index is -0.705. The molecule has 0 saturated heterocycles. The number of ether oxygens (including phenoxy) is 2. The average Bonchev–Trinajstić information content (AvgIpc) is 3.34. The molecule has 1 aliphatic rings. The van der Waals surface area contributed by atoms with E-state index in [2.05, 4.69) is 16.4 Å². The molecule has 7 heteroatoms. The Labute approximate surface area is 176 Å². The van der Waals surface area contributed by atoms with Gasteiger partial charge < -0.3 is 25.5 Å². The Kier molecular flexibility index (Phi) is 6.05. The van der Waals surface area contributed by atoms with Gasteiger partial charge in [0.25, 0.3) is 0 Å². The van der Waals surface area contributed by atoms with E-state index in [1.807, 2.05) is 42.6 Å². The second kappa shape index (κ2) is 8.35. The van der Waals surface area contributed by atoms with Crippen molar-refractivity contribution in [3.8, 4) is 11.5 Å². The Morgan fingerprint density at radius 3 is 2.59 bits per heavy atom. The number of carbonyl (C=O) groups excluding carboxylic acids is 1. The van der Waals surface area contributed by atoms with E-state index in [0.29, 0.717) is 18.0 Å². The summed E-state index contributed by atoms with van der Waals surface area (Å²) in [5, 5.41) is 4.16. The minimum Gasteiger partial charge on any atom is -0.493 e. The molecule has 2 aromatic carbocycles. The van der Waals surface area contributed by atoms with Crippen molar-refractivity contribution in [1.29, 1.82) is 0 Å². The van der Waals surface area contributed by atoms with Gasteiger partial charge in [-0.05, 0) is 30.5 Å². The van der Waals surface area contributed by atoms with Gasteiger partial charge in [0.2, 0.25) is 5.91 Å². The summed E-state index contributed by atoms with van der Waals surface area (Å²) >= 11 is 0. The molecule has 0 aliphatic heterocycles. The molecule has 1 aromatic heterocycles. The molecule has 1 amide bonds. The third-order valence-corrected chi connectivity index (χ3v) is 5.51. The molecule has 1 aliphatic carbocycles. The molecular weight excluding hydrogens is 390 g/mol. The highest BCUT2D eigenvalue weighted by Crippen LogP contribution is 2.40. The van der Waals surface area contributed by atoms with E-state index in [4.69, 9.17) is 15.2 Å². The van der Waals surface area contributed by atoms with Gasteiger partial charge in [0.05, 0.1) is 19.8 Å². The van der Waals surface area contributed by atoms with E-state index < -0.39 is 5.54 Å². The van der Waals surface area contributed by atoms with Crippen LogP contribution in [0.5, 0.6) is 11.5 Å². The predicted molar refractivity (Wildman–Crippen MR) is 116 cm³/mol. The maximum Gasteiger partial charge on any atom is 0.240 e. The summed E-state index contributed by atoms with van der Waals surface area (Å²) < 4.78 is 11.2. The van der Waals surface area contributed by atoms with Gasteiger partial charge in [-0.3, -0.25) is 4.79 Å². The summed E-state index contributed by atoms with van der Waals surface area (Å²) in [7, 11) is 3.25. The predicted octanol–water partition coefficient (Wildman–Crippen LogP) is 3.35. The maximum absolute atomic E-state index is 12.5. The monoisotopic (exact) mass is 415 g/mol. The number of para-hydroxylation sites is 2. The summed E-state index contributed by atoms with van der Waals surface area (Å²) in [6, 6.07) is 13.9. The van der Waals surface area contributed by atoms with Crippen LogP contribution in [0.25, 0.3) is 10.9 Å². The first-order valence-electron chi connectivity index (χ1n) is 9.41. The number of carbonyl (C=O) groups is 1. The summed E-state index contributed by atoms with van der Waals surface area (Å²) in [6.45, 7) is 0.420. The molecule has 3 aromatic rings. The molecule has 4 rings (SSSR count). The Balaban J connectivity index is 0.00000240. The van der Waals surface area contributed by atoms with Gasteiger partial charge in [0, 0.05) is 35.1 Å². The molecule has 0 bridgehead atoms. The fourth-order valence-corrected chi connectivity index (χ4v) is 3.69. The second-order valence-electron chi connectivity index (χ2n) is 7.29. The molecule has 29 heavy (non-hydrogen) atoms. The minimum absolute atomic E-state index is 0. The molecule has 6 nitrogen and oxygen atoms in total. The van der Waals surface area contributed by atoms with Crippen molar-refractivity contribution in [2.75, 3.05) is 20.8 Å². The number of aromatic nitrogens is 1. The number of hydrogen-bond donors (Lipinski definition) is 3. The highest BCUT2D eigenvalue weighted by molar-refractivity contribution is 5.89. The van der Waals surface area contributed by atoms with E-state index in [9.17, 15) is 4.79 Å². The van der Waals surface area contributed by atoms with E-state index in [-0.39, 0.29) is 24.2 Å². The number of H-pyrrole nitrogens is 1. The molecule has 154 valence electrons. The standard InChI is InChI=1S/C22H25N3O3.ClH/c1-27-19-9-5-7-15(20(19)28-2)17(13-25-21(26)22(23)10-11-22)16-12-24-18-8-4-3-6-14(16)18;/h3-9,12,17,24H,10-11,13,23H2,1-2H3,(H,25,26);1H. The van der Waals surface area contributed by atoms with Gasteiger partial charge in [-0.15, -0.1) is 12.4 Å². The lowest BCUT2D eigenvalue weighted by molar-refractivity contribution is -0.123. The fraction of sp³-hybridized carbons (Fsp3) is 0.318. The van der Waals surface area contributed by atoms with Crippen LogP contribution >= 0.6 is 12.4 Å². The average molecular weight is 416 g/mol. The smallest absolute Gasteiger partial charge is 0.240 e. The Hall–Kier alpha value is -2.70. The Morgan fingerprint density at radius 1 is 1.14 bits per heavy atom. The van der Waals surface area contributed by atoms with Crippen molar-refractivity contribution in [3.05, 3.63) is 59.8 Å². The number of nitrogens with one attached hydrogen (secondary N) is 2. The Bertz CT molecular complexity index is 1010. The van der Waals surface area contributed by atoms with Crippen LogP contribution in [-0.2, 0) is 4.79 Å². The first kappa shape index (κ1) is 21.0. The molecule has 0 radical (unpaired) electrons. The summed E-state index contributed by atoms with van der Waals surface area (Å²) in [4.78, 5) is 15.8. The summed E-state index contributed by atoms with van der Waals surface area (Å²) in [6.07, 6.45) is 3.47. The maximum atomic E-state index is 12.5. The highest BCUT2D eigenvalue weighted by atomic mass is 35.5. The quantitative estimate of drug-likeness (QED) is 0.552. The molecule has 1 fully saturated rings. The zero-order chi connectivity index (χ0) is 19.7. The van der Waals surface area contributed by atoms with E-state index in [0.717, 1.165) is 34.9 Å². The van der Waals surface area contributed by atoms with Crippen molar-refractivity contribution in [2.45, 2.75) is 24.3 Å². The fourth-order valence-electron chi connectivity index (χ4n) is 3.69.